The molecule has 1 aromatic heterocycles. The summed E-state index contributed by atoms with van der Waals surface area (Å²) in [5.41, 5.74) is 2.33. The van der Waals surface area contributed by atoms with E-state index in [1.807, 2.05) is 19.2 Å². The number of aryl methyl sites for hydroxylation is 2. The summed E-state index contributed by atoms with van der Waals surface area (Å²) in [6, 6.07) is 3.94. The maximum atomic E-state index is 5.36. The van der Waals surface area contributed by atoms with Gasteiger partial charge in [-0.05, 0) is 18.6 Å². The molecule has 2 rings (SSSR count). The molecule has 0 N–H and O–H groups in total. The van der Waals surface area contributed by atoms with Crippen LogP contribution in [0, 0.1) is 6.92 Å². The fourth-order valence-electron chi connectivity index (χ4n) is 1.95. The first-order chi connectivity index (χ1) is 7.17. The van der Waals surface area contributed by atoms with E-state index >= 15 is 0 Å². The molecule has 1 aromatic carbocycles. The first-order valence-electron chi connectivity index (χ1n) is 4.85. The second kappa shape index (κ2) is 3.50. The van der Waals surface area contributed by atoms with Gasteiger partial charge in [0.05, 0.1) is 19.7 Å². The van der Waals surface area contributed by atoms with Crippen LogP contribution in [0.1, 0.15) is 5.56 Å². The highest BCUT2D eigenvalue weighted by Gasteiger charge is 2.10. The van der Waals surface area contributed by atoms with Crippen molar-refractivity contribution in [1.82, 2.24) is 4.57 Å². The van der Waals surface area contributed by atoms with Crippen LogP contribution in [0.15, 0.2) is 18.3 Å². The van der Waals surface area contributed by atoms with Crippen LogP contribution < -0.4 is 9.47 Å². The van der Waals surface area contributed by atoms with Gasteiger partial charge >= 0.3 is 0 Å². The lowest BCUT2D eigenvalue weighted by molar-refractivity contribution is 0.397. The number of hydrogen-bond acceptors (Lipinski definition) is 2. The zero-order chi connectivity index (χ0) is 11.0. The van der Waals surface area contributed by atoms with Crippen molar-refractivity contribution in [2.45, 2.75) is 6.92 Å². The Bertz CT molecular complexity index is 500. The zero-order valence-electron chi connectivity index (χ0n) is 9.50. The van der Waals surface area contributed by atoms with Gasteiger partial charge < -0.3 is 14.0 Å². The van der Waals surface area contributed by atoms with Crippen molar-refractivity contribution >= 4 is 10.9 Å². The van der Waals surface area contributed by atoms with Crippen molar-refractivity contribution in [3.63, 3.8) is 0 Å². The molecule has 0 aliphatic carbocycles. The number of rotatable bonds is 2. The summed E-state index contributed by atoms with van der Waals surface area (Å²) in [7, 11) is 5.36. The second-order valence-electron chi connectivity index (χ2n) is 3.65. The Hall–Kier alpha value is -1.64. The second-order valence-corrected chi connectivity index (χ2v) is 3.65. The van der Waals surface area contributed by atoms with E-state index in [1.54, 1.807) is 14.2 Å². The molecule has 0 aliphatic rings. The van der Waals surface area contributed by atoms with Crippen molar-refractivity contribution in [2.75, 3.05) is 14.2 Å². The third-order valence-corrected chi connectivity index (χ3v) is 2.67. The highest BCUT2D eigenvalue weighted by Crippen LogP contribution is 2.33. The van der Waals surface area contributed by atoms with Crippen LogP contribution in [-0.2, 0) is 7.05 Å². The Kier molecular flexibility index (Phi) is 2.31. The standard InChI is InChI=1S/C12H15NO2/c1-8-7-13(2)12-10(8)5-9(14-3)6-11(12)15-4/h5-7H,1-4H3. The third-order valence-electron chi connectivity index (χ3n) is 2.67. The van der Waals surface area contributed by atoms with E-state index < -0.39 is 0 Å². The van der Waals surface area contributed by atoms with Crippen molar-refractivity contribution in [3.05, 3.63) is 23.9 Å². The topological polar surface area (TPSA) is 23.4 Å². The highest BCUT2D eigenvalue weighted by molar-refractivity contribution is 5.90. The monoisotopic (exact) mass is 205 g/mol. The first kappa shape index (κ1) is 9.90. The predicted molar refractivity (Wildman–Crippen MR) is 60.8 cm³/mol. The summed E-state index contributed by atoms with van der Waals surface area (Å²) >= 11 is 0. The van der Waals surface area contributed by atoms with Gasteiger partial charge in [-0.15, -0.1) is 0 Å². The van der Waals surface area contributed by atoms with E-state index in [1.165, 1.54) is 10.9 Å². The van der Waals surface area contributed by atoms with Gasteiger partial charge in [0.15, 0.2) is 0 Å². The Morgan fingerprint density at radius 1 is 1.13 bits per heavy atom. The van der Waals surface area contributed by atoms with Crippen LogP contribution >= 0.6 is 0 Å². The number of fused-ring (bicyclic) bond motifs is 1. The Morgan fingerprint density at radius 3 is 2.47 bits per heavy atom. The molecule has 0 bridgehead atoms. The molecule has 3 nitrogen and oxygen atoms in total. The van der Waals surface area contributed by atoms with Crippen LogP contribution in [0.2, 0.25) is 0 Å². The molecule has 3 heteroatoms. The number of aromatic nitrogens is 1. The highest BCUT2D eigenvalue weighted by atomic mass is 16.5. The molecule has 0 unspecified atom stereocenters. The number of ether oxygens (including phenoxy) is 2. The molecule has 80 valence electrons. The summed E-state index contributed by atoms with van der Waals surface area (Å²) in [5.74, 6) is 1.67. The molecular weight excluding hydrogens is 190 g/mol. The Balaban J connectivity index is 2.83. The van der Waals surface area contributed by atoms with Crippen LogP contribution in [0.4, 0.5) is 0 Å². The van der Waals surface area contributed by atoms with Gasteiger partial charge in [-0.25, -0.2) is 0 Å². The number of methoxy groups -OCH3 is 2. The maximum absolute atomic E-state index is 5.36. The fraction of sp³-hybridized carbons (Fsp3) is 0.333. The van der Waals surface area contributed by atoms with E-state index in [9.17, 15) is 0 Å². The summed E-state index contributed by atoms with van der Waals surface area (Å²) in [4.78, 5) is 0. The third kappa shape index (κ3) is 1.44. The first-order valence-corrected chi connectivity index (χ1v) is 4.85. The van der Waals surface area contributed by atoms with Crippen molar-refractivity contribution in [1.29, 1.82) is 0 Å². The molecule has 1 heterocycles. The normalized spacial score (nSPS) is 10.7. The quantitative estimate of drug-likeness (QED) is 0.752. The number of benzene rings is 1. The van der Waals surface area contributed by atoms with Gasteiger partial charge in [-0.1, -0.05) is 0 Å². The number of hydrogen-bond donors (Lipinski definition) is 0. The number of nitrogens with zero attached hydrogens (tertiary/aromatic N) is 1. The molecule has 0 saturated heterocycles. The van der Waals surface area contributed by atoms with Crippen LogP contribution in [0.25, 0.3) is 10.9 Å². The summed E-state index contributed by atoms with van der Waals surface area (Å²) < 4.78 is 12.7. The van der Waals surface area contributed by atoms with Gasteiger partial charge in [-0.2, -0.15) is 0 Å². The molecule has 2 aromatic rings. The van der Waals surface area contributed by atoms with Gasteiger partial charge in [0, 0.05) is 24.7 Å². The van der Waals surface area contributed by atoms with Crippen LogP contribution in [0.5, 0.6) is 11.5 Å². The lowest BCUT2D eigenvalue weighted by Crippen LogP contribution is -1.92. The van der Waals surface area contributed by atoms with Gasteiger partial charge in [-0.3, -0.25) is 0 Å². The van der Waals surface area contributed by atoms with E-state index in [2.05, 4.69) is 17.7 Å². The SMILES string of the molecule is COc1cc(OC)c2c(c1)c(C)cn2C. The van der Waals surface area contributed by atoms with Gasteiger partial charge in [0.2, 0.25) is 0 Å². The average Bonchev–Trinajstić information content (AvgIpc) is 2.53. The minimum absolute atomic E-state index is 0.827. The van der Waals surface area contributed by atoms with Crippen molar-refractivity contribution in [3.8, 4) is 11.5 Å². The summed E-state index contributed by atoms with van der Waals surface area (Å²) in [5, 5.41) is 1.17. The molecule has 15 heavy (non-hydrogen) atoms. The minimum Gasteiger partial charge on any atom is -0.497 e. The van der Waals surface area contributed by atoms with E-state index in [0.717, 1.165) is 17.0 Å². The molecular formula is C12H15NO2. The Morgan fingerprint density at radius 2 is 1.87 bits per heavy atom. The largest absolute Gasteiger partial charge is 0.497 e. The van der Waals surface area contributed by atoms with Gasteiger partial charge in [0.25, 0.3) is 0 Å². The van der Waals surface area contributed by atoms with Crippen LogP contribution in [-0.4, -0.2) is 18.8 Å². The van der Waals surface area contributed by atoms with E-state index in [-0.39, 0.29) is 0 Å². The fourth-order valence-corrected chi connectivity index (χ4v) is 1.95. The lowest BCUT2D eigenvalue weighted by atomic mass is 10.1. The minimum atomic E-state index is 0.827. The smallest absolute Gasteiger partial charge is 0.146 e. The lowest BCUT2D eigenvalue weighted by Gasteiger charge is -2.07. The molecule has 0 amide bonds. The summed E-state index contributed by atoms with van der Waals surface area (Å²) in [6.45, 7) is 2.08. The zero-order valence-corrected chi connectivity index (χ0v) is 9.50. The van der Waals surface area contributed by atoms with Gasteiger partial charge in [0.1, 0.15) is 11.5 Å². The average molecular weight is 205 g/mol. The molecule has 0 spiro atoms. The molecule has 0 saturated carbocycles. The van der Waals surface area contributed by atoms with E-state index in [0.29, 0.717) is 0 Å². The molecule has 0 aliphatic heterocycles. The van der Waals surface area contributed by atoms with Crippen LogP contribution in [0.3, 0.4) is 0 Å². The Labute approximate surface area is 89.2 Å². The van der Waals surface area contributed by atoms with Crippen molar-refractivity contribution in [2.24, 2.45) is 7.05 Å². The molecule has 0 fully saturated rings. The molecule has 0 atom stereocenters. The van der Waals surface area contributed by atoms with Crippen molar-refractivity contribution < 1.29 is 9.47 Å². The maximum Gasteiger partial charge on any atom is 0.146 e. The predicted octanol–water partition coefficient (Wildman–Crippen LogP) is 2.50. The molecule has 0 radical (unpaired) electrons. The summed E-state index contributed by atoms with van der Waals surface area (Å²) in [6.07, 6.45) is 2.09. The van der Waals surface area contributed by atoms with E-state index in [4.69, 9.17) is 9.47 Å².